The lowest BCUT2D eigenvalue weighted by atomic mass is 10.0. The van der Waals surface area contributed by atoms with Gasteiger partial charge in [-0.25, -0.2) is 4.68 Å². The Morgan fingerprint density at radius 1 is 1.00 bits per heavy atom. The van der Waals surface area contributed by atoms with E-state index >= 15 is 0 Å². The normalized spacial score (nSPS) is 19.5. The Balaban J connectivity index is 1.43. The van der Waals surface area contributed by atoms with Crippen molar-refractivity contribution in [3.8, 4) is 0 Å². The molecule has 2 aliphatic heterocycles. The average Bonchev–Trinajstić information content (AvgIpc) is 3.03. The third kappa shape index (κ3) is 5.31. The molecule has 0 aliphatic carbocycles. The molecular formula is C20H33N5O3. The number of rotatable bonds is 5. The Kier molecular flexibility index (Phi) is 6.69. The fraction of sp³-hybridized carbons (Fsp3) is 0.800. The number of carbonyl (C=O) groups excluding carboxylic acids is 2. The van der Waals surface area contributed by atoms with Crippen LogP contribution in [0.15, 0.2) is 6.20 Å². The quantitative estimate of drug-likeness (QED) is 0.827. The van der Waals surface area contributed by atoms with Crippen LogP contribution in [-0.4, -0.2) is 67.9 Å². The molecule has 2 fully saturated rings. The van der Waals surface area contributed by atoms with Gasteiger partial charge >= 0.3 is 0 Å². The van der Waals surface area contributed by atoms with Crippen LogP contribution in [0.1, 0.15) is 76.9 Å². The van der Waals surface area contributed by atoms with Crippen molar-refractivity contribution >= 4 is 11.8 Å². The Hall–Kier alpha value is -1.96. The van der Waals surface area contributed by atoms with Crippen LogP contribution in [0.2, 0.25) is 0 Å². The zero-order valence-electron chi connectivity index (χ0n) is 17.1. The van der Waals surface area contributed by atoms with Gasteiger partial charge in [0.2, 0.25) is 11.8 Å². The Bertz CT molecular complexity index is 666. The summed E-state index contributed by atoms with van der Waals surface area (Å²) in [7, 11) is 0. The Labute approximate surface area is 166 Å². The summed E-state index contributed by atoms with van der Waals surface area (Å²) in [5.41, 5.74) is -0.451. The highest BCUT2D eigenvalue weighted by Gasteiger charge is 2.27. The van der Waals surface area contributed by atoms with E-state index in [4.69, 9.17) is 0 Å². The van der Waals surface area contributed by atoms with Crippen molar-refractivity contribution in [2.24, 2.45) is 0 Å². The van der Waals surface area contributed by atoms with Gasteiger partial charge in [-0.15, -0.1) is 5.10 Å². The number of aromatic nitrogens is 3. The molecular weight excluding hydrogens is 358 g/mol. The van der Waals surface area contributed by atoms with Crippen LogP contribution < -0.4 is 0 Å². The topological polar surface area (TPSA) is 91.6 Å². The van der Waals surface area contributed by atoms with Gasteiger partial charge in [0.05, 0.1) is 12.2 Å². The van der Waals surface area contributed by atoms with Crippen molar-refractivity contribution in [1.82, 2.24) is 24.8 Å². The number of amides is 2. The van der Waals surface area contributed by atoms with Gasteiger partial charge in [-0.05, 0) is 39.5 Å². The van der Waals surface area contributed by atoms with Crippen molar-refractivity contribution in [2.75, 3.05) is 26.2 Å². The van der Waals surface area contributed by atoms with Gasteiger partial charge < -0.3 is 14.9 Å². The average molecular weight is 392 g/mol. The number of hydrogen-bond acceptors (Lipinski definition) is 5. The summed E-state index contributed by atoms with van der Waals surface area (Å²) < 4.78 is 1.80. The minimum Gasteiger partial charge on any atom is -0.384 e. The largest absolute Gasteiger partial charge is 0.384 e. The molecule has 0 saturated carbocycles. The van der Waals surface area contributed by atoms with Crippen molar-refractivity contribution in [3.63, 3.8) is 0 Å². The molecule has 8 heteroatoms. The smallest absolute Gasteiger partial charge is 0.223 e. The van der Waals surface area contributed by atoms with E-state index in [9.17, 15) is 14.7 Å². The van der Waals surface area contributed by atoms with E-state index in [1.807, 2.05) is 9.80 Å². The minimum absolute atomic E-state index is 0.0670. The van der Waals surface area contributed by atoms with Gasteiger partial charge in [0.25, 0.3) is 0 Å². The summed E-state index contributed by atoms with van der Waals surface area (Å²) in [6, 6.07) is 0.186. The van der Waals surface area contributed by atoms with E-state index in [0.29, 0.717) is 31.6 Å². The molecule has 0 atom stereocenters. The van der Waals surface area contributed by atoms with Crippen molar-refractivity contribution in [2.45, 2.75) is 76.9 Å². The minimum atomic E-state index is -1.01. The highest BCUT2D eigenvalue weighted by atomic mass is 16.3. The first kappa shape index (κ1) is 20.8. The lowest BCUT2D eigenvalue weighted by Gasteiger charge is -2.32. The molecule has 156 valence electrons. The summed E-state index contributed by atoms with van der Waals surface area (Å²) >= 11 is 0. The van der Waals surface area contributed by atoms with Gasteiger partial charge in [0.15, 0.2) is 0 Å². The fourth-order valence-electron chi connectivity index (χ4n) is 3.97. The van der Waals surface area contributed by atoms with Crippen LogP contribution in [0.3, 0.4) is 0 Å². The van der Waals surface area contributed by atoms with Gasteiger partial charge in [0.1, 0.15) is 11.3 Å². The first-order valence-electron chi connectivity index (χ1n) is 10.5. The fourth-order valence-corrected chi connectivity index (χ4v) is 3.97. The van der Waals surface area contributed by atoms with Crippen molar-refractivity contribution in [3.05, 3.63) is 11.9 Å². The number of piperidine rings is 1. The third-order valence-electron chi connectivity index (χ3n) is 5.84. The third-order valence-corrected chi connectivity index (χ3v) is 5.84. The monoisotopic (exact) mass is 391 g/mol. The Morgan fingerprint density at radius 2 is 1.54 bits per heavy atom. The van der Waals surface area contributed by atoms with Crippen LogP contribution >= 0.6 is 0 Å². The maximum absolute atomic E-state index is 12.5. The van der Waals surface area contributed by atoms with E-state index in [1.54, 1.807) is 24.7 Å². The molecule has 1 N–H and O–H groups in total. The molecule has 1 aromatic heterocycles. The zero-order valence-corrected chi connectivity index (χ0v) is 17.1. The van der Waals surface area contributed by atoms with Gasteiger partial charge in [-0.2, -0.15) is 0 Å². The second kappa shape index (κ2) is 9.03. The van der Waals surface area contributed by atoms with E-state index in [0.717, 1.165) is 38.8 Å². The maximum Gasteiger partial charge on any atom is 0.223 e. The lowest BCUT2D eigenvalue weighted by Crippen LogP contribution is -2.40. The highest BCUT2D eigenvalue weighted by molar-refractivity contribution is 5.83. The predicted octanol–water partition coefficient (Wildman–Crippen LogP) is 1.85. The standard InChI is InChI=1S/C20H33N5O3/c1-20(2,28)17-15-25(22-21-17)16-9-13-24(14-10-16)19(27)8-7-18(26)23-11-5-3-4-6-12-23/h15-16,28H,3-14H2,1-2H3. The van der Waals surface area contributed by atoms with E-state index in [1.165, 1.54) is 12.8 Å². The second-order valence-corrected chi connectivity index (χ2v) is 8.55. The number of aliphatic hydroxyl groups is 1. The van der Waals surface area contributed by atoms with E-state index in [-0.39, 0.29) is 17.9 Å². The molecule has 0 unspecified atom stereocenters. The van der Waals surface area contributed by atoms with Crippen molar-refractivity contribution in [1.29, 1.82) is 0 Å². The Morgan fingerprint density at radius 3 is 2.04 bits per heavy atom. The molecule has 8 nitrogen and oxygen atoms in total. The first-order valence-corrected chi connectivity index (χ1v) is 10.5. The first-order chi connectivity index (χ1) is 13.3. The van der Waals surface area contributed by atoms with Crippen LogP contribution in [0.25, 0.3) is 0 Å². The molecule has 0 aromatic carbocycles. The predicted molar refractivity (Wildman–Crippen MR) is 104 cm³/mol. The summed E-state index contributed by atoms with van der Waals surface area (Å²) in [4.78, 5) is 28.7. The summed E-state index contributed by atoms with van der Waals surface area (Å²) in [5.74, 6) is 0.185. The number of carbonyl (C=O) groups is 2. The van der Waals surface area contributed by atoms with Crippen LogP contribution in [0, 0.1) is 0 Å². The molecule has 3 rings (SSSR count). The van der Waals surface area contributed by atoms with Gasteiger partial charge in [-0.1, -0.05) is 18.1 Å². The molecule has 2 aliphatic rings. The molecule has 1 aromatic rings. The SMILES string of the molecule is CC(C)(O)c1cn(C2CCN(C(=O)CCC(=O)N3CCCCCC3)CC2)nn1. The molecule has 28 heavy (non-hydrogen) atoms. The molecule has 0 radical (unpaired) electrons. The summed E-state index contributed by atoms with van der Waals surface area (Å²) in [6.45, 7) is 6.38. The van der Waals surface area contributed by atoms with Gasteiger partial charge in [-0.3, -0.25) is 9.59 Å². The molecule has 0 spiro atoms. The molecule has 0 bridgehead atoms. The van der Waals surface area contributed by atoms with E-state index < -0.39 is 5.60 Å². The number of hydrogen-bond donors (Lipinski definition) is 1. The maximum atomic E-state index is 12.5. The molecule has 3 heterocycles. The summed E-state index contributed by atoms with van der Waals surface area (Å²) in [5, 5.41) is 18.2. The molecule has 2 amide bonds. The van der Waals surface area contributed by atoms with Crippen LogP contribution in [0.4, 0.5) is 0 Å². The molecule has 2 saturated heterocycles. The lowest BCUT2D eigenvalue weighted by molar-refractivity contribution is -0.137. The van der Waals surface area contributed by atoms with Gasteiger partial charge in [0, 0.05) is 39.0 Å². The second-order valence-electron chi connectivity index (χ2n) is 8.55. The van der Waals surface area contributed by atoms with Crippen LogP contribution in [-0.2, 0) is 15.2 Å². The number of likely N-dealkylation sites (tertiary alicyclic amines) is 2. The van der Waals surface area contributed by atoms with E-state index in [2.05, 4.69) is 10.3 Å². The zero-order chi connectivity index (χ0) is 20.1. The van der Waals surface area contributed by atoms with Crippen molar-refractivity contribution < 1.29 is 14.7 Å². The van der Waals surface area contributed by atoms with Crippen LogP contribution in [0.5, 0.6) is 0 Å². The highest BCUT2D eigenvalue weighted by Crippen LogP contribution is 2.24. The summed E-state index contributed by atoms with van der Waals surface area (Å²) in [6.07, 6.45) is 8.56. The number of nitrogens with zero attached hydrogens (tertiary/aromatic N) is 5.